The molecule has 0 spiro atoms. The molecule has 1 saturated carbocycles. The van der Waals surface area contributed by atoms with Crippen LogP contribution in [0.4, 0.5) is 0 Å². The number of ether oxygens (including phenoxy) is 2. The van der Waals surface area contributed by atoms with Crippen LogP contribution in [0, 0.1) is 0 Å². The van der Waals surface area contributed by atoms with Crippen molar-refractivity contribution in [3.8, 4) is 5.75 Å². The lowest BCUT2D eigenvalue weighted by atomic mass is 9.92. The summed E-state index contributed by atoms with van der Waals surface area (Å²) in [5.41, 5.74) is 3.72. The minimum absolute atomic E-state index is 0.0408. The zero-order chi connectivity index (χ0) is 23.5. The quantitative estimate of drug-likeness (QED) is 0.614. The molecule has 7 nitrogen and oxygen atoms in total. The molecule has 2 aromatic rings. The van der Waals surface area contributed by atoms with Crippen LogP contribution in [0.1, 0.15) is 52.7 Å². The van der Waals surface area contributed by atoms with E-state index < -0.39 is 6.04 Å². The van der Waals surface area contributed by atoms with E-state index in [0.717, 1.165) is 50.4 Å². The Morgan fingerprint density at radius 2 is 1.79 bits per heavy atom. The molecule has 1 aliphatic carbocycles. The van der Waals surface area contributed by atoms with Crippen molar-refractivity contribution in [3.05, 3.63) is 64.7 Å². The van der Waals surface area contributed by atoms with Crippen molar-refractivity contribution >= 4 is 17.5 Å². The molecule has 34 heavy (non-hydrogen) atoms. The second kappa shape index (κ2) is 10.1. The van der Waals surface area contributed by atoms with Gasteiger partial charge < -0.3 is 14.4 Å². The maximum absolute atomic E-state index is 13.0. The Morgan fingerprint density at radius 1 is 0.971 bits per heavy atom. The van der Waals surface area contributed by atoms with Crippen molar-refractivity contribution < 1.29 is 23.9 Å². The summed E-state index contributed by atoms with van der Waals surface area (Å²) in [5.74, 6) is 0.311. The predicted molar refractivity (Wildman–Crippen MR) is 125 cm³/mol. The van der Waals surface area contributed by atoms with E-state index >= 15 is 0 Å². The number of benzene rings is 2. The lowest BCUT2D eigenvalue weighted by Gasteiger charge is -2.29. The van der Waals surface area contributed by atoms with Gasteiger partial charge in [-0.15, -0.1) is 0 Å². The Balaban J connectivity index is 1.22. The van der Waals surface area contributed by atoms with Gasteiger partial charge >= 0.3 is 0 Å². The van der Waals surface area contributed by atoms with E-state index in [0.29, 0.717) is 37.3 Å². The molecule has 2 aromatic carbocycles. The minimum Gasteiger partial charge on any atom is -0.489 e. The van der Waals surface area contributed by atoms with E-state index in [9.17, 15) is 14.4 Å². The number of nitrogens with zero attached hydrogens (tertiary/aromatic N) is 2. The monoisotopic (exact) mass is 462 g/mol. The summed E-state index contributed by atoms with van der Waals surface area (Å²) in [6.07, 6.45) is 1.75. The van der Waals surface area contributed by atoms with Gasteiger partial charge in [0.05, 0.1) is 25.6 Å². The molecule has 3 aliphatic rings. The van der Waals surface area contributed by atoms with Crippen LogP contribution in [0.2, 0.25) is 0 Å². The van der Waals surface area contributed by atoms with E-state index in [1.54, 1.807) is 11.0 Å². The first kappa shape index (κ1) is 22.7. The summed E-state index contributed by atoms with van der Waals surface area (Å²) >= 11 is 0. The van der Waals surface area contributed by atoms with Crippen LogP contribution in [-0.2, 0) is 34.0 Å². The lowest BCUT2D eigenvalue weighted by Crippen LogP contribution is -2.44. The fourth-order valence-corrected chi connectivity index (χ4v) is 5.02. The maximum Gasteiger partial charge on any atom is 0.255 e. The van der Waals surface area contributed by atoms with Crippen LogP contribution in [0.15, 0.2) is 42.5 Å². The predicted octanol–water partition coefficient (Wildman–Crippen LogP) is 3.13. The zero-order valence-electron chi connectivity index (χ0n) is 19.3. The number of Topliss-reactive ketones (excluding diaryl/α,β-unsaturated/α-hetero) is 2. The van der Waals surface area contributed by atoms with E-state index in [1.807, 2.05) is 12.1 Å². The minimum atomic E-state index is -0.520. The molecule has 1 saturated heterocycles. The second-order valence-electron chi connectivity index (χ2n) is 9.30. The van der Waals surface area contributed by atoms with Crippen LogP contribution in [-0.4, -0.2) is 59.6 Å². The molecule has 0 N–H and O–H groups in total. The molecule has 5 rings (SSSR count). The Labute approximate surface area is 199 Å². The van der Waals surface area contributed by atoms with Crippen LogP contribution in [0.3, 0.4) is 0 Å². The molecule has 0 radical (unpaired) electrons. The molecule has 1 unspecified atom stereocenters. The molecule has 2 fully saturated rings. The zero-order valence-corrected chi connectivity index (χ0v) is 19.3. The van der Waals surface area contributed by atoms with Crippen molar-refractivity contribution in [1.82, 2.24) is 9.80 Å². The fourth-order valence-electron chi connectivity index (χ4n) is 5.02. The summed E-state index contributed by atoms with van der Waals surface area (Å²) in [6, 6.07) is 13.4. The summed E-state index contributed by atoms with van der Waals surface area (Å²) in [6.45, 7) is 5.31. The van der Waals surface area contributed by atoms with E-state index in [-0.39, 0.29) is 23.9 Å². The molecular formula is C27H30N2O5. The maximum atomic E-state index is 13.0. The molecule has 0 aromatic heterocycles. The highest BCUT2D eigenvalue weighted by Crippen LogP contribution is 2.34. The van der Waals surface area contributed by atoms with Crippen LogP contribution in [0.5, 0.6) is 5.75 Å². The Bertz CT molecular complexity index is 1070. The summed E-state index contributed by atoms with van der Waals surface area (Å²) in [4.78, 5) is 41.0. The molecule has 178 valence electrons. The molecular weight excluding hydrogens is 432 g/mol. The normalized spacial score (nSPS) is 21.5. The average molecular weight is 463 g/mol. The van der Waals surface area contributed by atoms with Crippen LogP contribution in [0.25, 0.3) is 0 Å². The van der Waals surface area contributed by atoms with E-state index in [2.05, 4.69) is 29.2 Å². The number of ketones is 2. The largest absolute Gasteiger partial charge is 0.489 e. The Kier molecular flexibility index (Phi) is 6.74. The number of carbonyl (C=O) groups is 3. The Hall–Kier alpha value is -3.03. The Morgan fingerprint density at radius 3 is 2.62 bits per heavy atom. The van der Waals surface area contributed by atoms with Gasteiger partial charge in [-0.2, -0.15) is 0 Å². The molecule has 1 amide bonds. The first-order valence-electron chi connectivity index (χ1n) is 12.1. The van der Waals surface area contributed by atoms with E-state index in [1.165, 1.54) is 5.56 Å². The number of fused-ring (bicyclic) bond motifs is 1. The smallest absolute Gasteiger partial charge is 0.255 e. The van der Waals surface area contributed by atoms with Crippen LogP contribution >= 0.6 is 0 Å². The van der Waals surface area contributed by atoms with Crippen LogP contribution < -0.4 is 4.74 Å². The fraction of sp³-hybridized carbons (Fsp3) is 0.444. The third-order valence-corrected chi connectivity index (χ3v) is 6.91. The lowest BCUT2D eigenvalue weighted by molar-refractivity contribution is -0.133. The van der Waals surface area contributed by atoms with Gasteiger partial charge in [0.1, 0.15) is 18.1 Å². The van der Waals surface area contributed by atoms with Crippen molar-refractivity contribution in [1.29, 1.82) is 0 Å². The van der Waals surface area contributed by atoms with Crippen molar-refractivity contribution in [3.63, 3.8) is 0 Å². The van der Waals surface area contributed by atoms with Gasteiger partial charge in [0.25, 0.3) is 5.91 Å². The van der Waals surface area contributed by atoms with Crippen molar-refractivity contribution in [2.75, 3.05) is 26.3 Å². The van der Waals surface area contributed by atoms with Gasteiger partial charge in [-0.25, -0.2) is 0 Å². The number of hydrogen-bond acceptors (Lipinski definition) is 6. The van der Waals surface area contributed by atoms with Gasteiger partial charge in [-0.3, -0.25) is 19.3 Å². The molecule has 1 atom stereocenters. The number of hydrogen-bond donors (Lipinski definition) is 0. The van der Waals surface area contributed by atoms with Gasteiger partial charge in [0.15, 0.2) is 5.78 Å². The summed E-state index contributed by atoms with van der Waals surface area (Å²) < 4.78 is 11.7. The second-order valence-corrected chi connectivity index (χ2v) is 9.30. The molecule has 2 heterocycles. The van der Waals surface area contributed by atoms with Gasteiger partial charge in [-0.1, -0.05) is 30.3 Å². The highest BCUT2D eigenvalue weighted by atomic mass is 16.5. The molecule has 2 aliphatic heterocycles. The number of amides is 1. The number of carbonyl (C=O) groups excluding carboxylic acids is 3. The van der Waals surface area contributed by atoms with Crippen molar-refractivity contribution in [2.24, 2.45) is 0 Å². The molecule has 7 heteroatoms. The highest BCUT2D eigenvalue weighted by molar-refractivity contribution is 6.07. The first-order valence-corrected chi connectivity index (χ1v) is 12.1. The average Bonchev–Trinajstić information content (AvgIpc) is 2.99. The third kappa shape index (κ3) is 4.91. The van der Waals surface area contributed by atoms with Gasteiger partial charge in [-0.05, 0) is 36.1 Å². The van der Waals surface area contributed by atoms with Gasteiger partial charge in [0, 0.05) is 43.8 Å². The first-order chi connectivity index (χ1) is 16.6. The highest BCUT2D eigenvalue weighted by Gasteiger charge is 2.39. The topological polar surface area (TPSA) is 76.2 Å². The van der Waals surface area contributed by atoms with E-state index in [4.69, 9.17) is 9.47 Å². The molecule has 0 bridgehead atoms. The number of rotatable bonds is 6. The van der Waals surface area contributed by atoms with Gasteiger partial charge in [0.2, 0.25) is 0 Å². The third-order valence-electron chi connectivity index (χ3n) is 6.91. The van der Waals surface area contributed by atoms with Crippen molar-refractivity contribution in [2.45, 2.75) is 51.4 Å². The summed E-state index contributed by atoms with van der Waals surface area (Å²) in [7, 11) is 0. The standard InChI is InChI=1S/C27H30N2O5/c30-21-9-10-24(25(31)15-21)29-17-23-22(27(29)32)3-1-4-26(23)34-18-20-7-5-19(6-8-20)16-28-11-2-13-33-14-12-28/h1,3-8,24H,2,9-18H2. The summed E-state index contributed by atoms with van der Waals surface area (Å²) in [5, 5.41) is 0. The SMILES string of the molecule is O=C1CCC(N2Cc3c(OCc4ccc(CN5CCCOCC5)cc4)cccc3C2=O)C(=O)C1.